The molecule has 0 aliphatic rings. The Bertz CT molecular complexity index is 498. The molecule has 7 nitrogen and oxygen atoms in total. The number of aliphatic hydroxyl groups is 2. The summed E-state index contributed by atoms with van der Waals surface area (Å²) in [4.78, 5) is 13.7. The first-order valence-corrected chi connectivity index (χ1v) is 7.14. The van der Waals surface area contributed by atoms with Gasteiger partial charge in [-0.1, -0.05) is 11.6 Å². The lowest BCUT2D eigenvalue weighted by atomic mass is 10.2. The van der Waals surface area contributed by atoms with Gasteiger partial charge in [-0.15, -0.1) is 0 Å². The predicted molar refractivity (Wildman–Crippen MR) is 83.9 cm³/mol. The Morgan fingerprint density at radius 2 is 1.86 bits per heavy atom. The first-order valence-electron chi connectivity index (χ1n) is 6.76. The van der Waals surface area contributed by atoms with Gasteiger partial charge in [0.1, 0.15) is 11.5 Å². The van der Waals surface area contributed by atoms with E-state index in [4.69, 9.17) is 31.3 Å². The van der Waals surface area contributed by atoms with Gasteiger partial charge in [-0.2, -0.15) is 0 Å². The molecule has 1 aromatic carbocycles. The third-order valence-corrected chi connectivity index (χ3v) is 3.25. The van der Waals surface area contributed by atoms with Gasteiger partial charge >= 0.3 is 6.03 Å². The van der Waals surface area contributed by atoms with E-state index in [1.165, 1.54) is 19.1 Å². The summed E-state index contributed by atoms with van der Waals surface area (Å²) in [6, 6.07) is 2.69. The molecular weight excluding hydrogens is 312 g/mol. The molecule has 0 bridgehead atoms. The first kappa shape index (κ1) is 18.3. The Kier molecular flexibility index (Phi) is 7.79. The Morgan fingerprint density at radius 3 is 2.41 bits per heavy atom. The maximum atomic E-state index is 12.3. The molecule has 2 amide bonds. The predicted octanol–water partition coefficient (Wildman–Crippen LogP) is 1.57. The average Bonchev–Trinajstić information content (AvgIpc) is 2.52. The number of hydrogen-bond donors (Lipinski definition) is 3. The minimum Gasteiger partial charge on any atom is -0.495 e. The number of carbonyl (C=O) groups excluding carboxylic acids is 1. The second kappa shape index (κ2) is 9.34. The number of halogens is 1. The van der Waals surface area contributed by atoms with Crippen molar-refractivity contribution in [3.8, 4) is 11.5 Å². The van der Waals surface area contributed by atoms with Crippen LogP contribution in [-0.4, -0.2) is 61.7 Å². The SMILES string of the molecule is COc1cc(NC(=O)N(CCO)CCCO)c(OC)cc1Cl. The molecular formula is C14H21ClN2O5. The molecule has 8 heteroatoms. The van der Waals surface area contributed by atoms with Gasteiger partial charge in [0.25, 0.3) is 0 Å². The van der Waals surface area contributed by atoms with Crippen molar-refractivity contribution in [2.24, 2.45) is 0 Å². The minimum absolute atomic E-state index is 0.0344. The number of rotatable bonds is 8. The highest BCUT2D eigenvalue weighted by atomic mass is 35.5. The zero-order chi connectivity index (χ0) is 16.5. The van der Waals surface area contributed by atoms with Crippen LogP contribution >= 0.6 is 11.6 Å². The third kappa shape index (κ3) is 4.94. The van der Waals surface area contributed by atoms with E-state index in [0.29, 0.717) is 35.2 Å². The van der Waals surface area contributed by atoms with Crippen LogP contribution in [0.25, 0.3) is 0 Å². The summed E-state index contributed by atoms with van der Waals surface area (Å²) < 4.78 is 10.3. The zero-order valence-electron chi connectivity index (χ0n) is 12.6. The van der Waals surface area contributed by atoms with Crippen LogP contribution in [-0.2, 0) is 0 Å². The fourth-order valence-electron chi connectivity index (χ4n) is 1.85. The summed E-state index contributed by atoms with van der Waals surface area (Å²) >= 11 is 6.01. The van der Waals surface area contributed by atoms with Crippen LogP contribution < -0.4 is 14.8 Å². The highest BCUT2D eigenvalue weighted by molar-refractivity contribution is 6.32. The van der Waals surface area contributed by atoms with Gasteiger partial charge in [-0.25, -0.2) is 4.79 Å². The van der Waals surface area contributed by atoms with Crippen molar-refractivity contribution in [2.45, 2.75) is 6.42 Å². The lowest BCUT2D eigenvalue weighted by Gasteiger charge is -2.22. The number of carbonyl (C=O) groups is 1. The quantitative estimate of drug-likeness (QED) is 0.672. The molecule has 0 heterocycles. The van der Waals surface area contributed by atoms with Crippen LogP contribution in [0.2, 0.25) is 5.02 Å². The van der Waals surface area contributed by atoms with E-state index in [0.717, 1.165) is 0 Å². The second-order valence-corrected chi connectivity index (χ2v) is 4.81. The number of nitrogens with zero attached hydrogens (tertiary/aromatic N) is 1. The molecule has 0 aliphatic carbocycles. The molecule has 0 saturated carbocycles. The molecule has 124 valence electrons. The van der Waals surface area contributed by atoms with Crippen LogP contribution in [0.5, 0.6) is 11.5 Å². The number of benzene rings is 1. The zero-order valence-corrected chi connectivity index (χ0v) is 13.4. The number of nitrogens with one attached hydrogen (secondary N) is 1. The minimum atomic E-state index is -0.412. The average molecular weight is 333 g/mol. The van der Waals surface area contributed by atoms with E-state index in [1.807, 2.05) is 0 Å². The molecule has 0 spiro atoms. The summed E-state index contributed by atoms with van der Waals surface area (Å²) in [5, 5.41) is 20.9. The summed E-state index contributed by atoms with van der Waals surface area (Å²) in [5.74, 6) is 0.798. The molecule has 0 fully saturated rings. The number of ether oxygens (including phenoxy) is 2. The fourth-order valence-corrected chi connectivity index (χ4v) is 2.08. The fraction of sp³-hybridized carbons (Fsp3) is 0.500. The van der Waals surface area contributed by atoms with E-state index >= 15 is 0 Å². The topological polar surface area (TPSA) is 91.3 Å². The molecule has 0 saturated heterocycles. The van der Waals surface area contributed by atoms with Crippen molar-refractivity contribution in [2.75, 3.05) is 45.8 Å². The summed E-state index contributed by atoms with van der Waals surface area (Å²) in [5.41, 5.74) is 0.403. The lowest BCUT2D eigenvalue weighted by Crippen LogP contribution is -2.38. The molecule has 1 rings (SSSR count). The molecule has 0 aromatic heterocycles. The van der Waals surface area contributed by atoms with Crippen LogP contribution in [0.15, 0.2) is 12.1 Å². The maximum Gasteiger partial charge on any atom is 0.322 e. The van der Waals surface area contributed by atoms with Gasteiger partial charge in [-0.05, 0) is 6.42 Å². The molecule has 22 heavy (non-hydrogen) atoms. The summed E-state index contributed by atoms with van der Waals surface area (Å²) in [7, 11) is 2.93. The van der Waals surface area contributed by atoms with Crippen LogP contribution in [0.3, 0.4) is 0 Å². The Hall–Kier alpha value is -1.70. The highest BCUT2D eigenvalue weighted by Crippen LogP contribution is 2.35. The number of hydrogen-bond acceptors (Lipinski definition) is 5. The van der Waals surface area contributed by atoms with E-state index in [-0.39, 0.29) is 19.8 Å². The van der Waals surface area contributed by atoms with Crippen molar-refractivity contribution < 1.29 is 24.5 Å². The van der Waals surface area contributed by atoms with Gasteiger partial charge in [0.05, 0.1) is 31.5 Å². The van der Waals surface area contributed by atoms with Crippen molar-refractivity contribution in [3.63, 3.8) is 0 Å². The normalized spacial score (nSPS) is 10.2. The van der Waals surface area contributed by atoms with E-state index < -0.39 is 6.03 Å². The highest BCUT2D eigenvalue weighted by Gasteiger charge is 2.17. The van der Waals surface area contributed by atoms with E-state index in [1.54, 1.807) is 12.1 Å². The molecule has 0 radical (unpaired) electrons. The number of urea groups is 1. The van der Waals surface area contributed by atoms with Crippen molar-refractivity contribution in [1.29, 1.82) is 0 Å². The molecule has 3 N–H and O–H groups in total. The summed E-state index contributed by atoms with van der Waals surface area (Å²) in [6.45, 7) is 0.294. The number of anilines is 1. The number of methoxy groups -OCH3 is 2. The van der Waals surface area contributed by atoms with Crippen molar-refractivity contribution >= 4 is 23.3 Å². The molecule has 0 atom stereocenters. The van der Waals surface area contributed by atoms with Crippen molar-refractivity contribution in [1.82, 2.24) is 4.90 Å². The van der Waals surface area contributed by atoms with E-state index in [9.17, 15) is 4.79 Å². The van der Waals surface area contributed by atoms with Crippen LogP contribution in [0.1, 0.15) is 6.42 Å². The third-order valence-electron chi connectivity index (χ3n) is 2.96. The second-order valence-electron chi connectivity index (χ2n) is 4.41. The first-order chi connectivity index (χ1) is 10.6. The van der Waals surface area contributed by atoms with Gasteiger partial charge in [0.15, 0.2) is 0 Å². The van der Waals surface area contributed by atoms with E-state index in [2.05, 4.69) is 5.32 Å². The Labute approximate surface area is 134 Å². The number of aliphatic hydroxyl groups excluding tert-OH is 2. The Morgan fingerprint density at radius 1 is 1.18 bits per heavy atom. The van der Waals surface area contributed by atoms with Crippen LogP contribution in [0.4, 0.5) is 10.5 Å². The smallest absolute Gasteiger partial charge is 0.322 e. The maximum absolute atomic E-state index is 12.3. The van der Waals surface area contributed by atoms with Crippen molar-refractivity contribution in [3.05, 3.63) is 17.2 Å². The van der Waals surface area contributed by atoms with Gasteiger partial charge in [0, 0.05) is 31.8 Å². The Balaban J connectivity index is 2.93. The molecule has 0 unspecified atom stereocenters. The lowest BCUT2D eigenvalue weighted by molar-refractivity contribution is 0.180. The standard InChI is InChI=1S/C14H21ClN2O5/c1-21-12-9-11(13(22-2)8-10(12)15)16-14(20)17(5-7-19)4-3-6-18/h8-9,18-19H,3-7H2,1-2H3,(H,16,20). The van der Waals surface area contributed by atoms with Crippen LogP contribution in [0, 0.1) is 0 Å². The number of amides is 2. The molecule has 1 aromatic rings. The molecule has 0 aliphatic heterocycles. The largest absolute Gasteiger partial charge is 0.495 e. The monoisotopic (exact) mass is 332 g/mol. The van der Waals surface area contributed by atoms with Gasteiger partial charge in [0.2, 0.25) is 0 Å². The van der Waals surface area contributed by atoms with Gasteiger partial charge < -0.3 is 29.9 Å². The summed E-state index contributed by atoms with van der Waals surface area (Å²) in [6.07, 6.45) is 0.425. The van der Waals surface area contributed by atoms with Gasteiger partial charge in [-0.3, -0.25) is 0 Å².